The number of thiazole rings is 1. The summed E-state index contributed by atoms with van der Waals surface area (Å²) >= 11 is 3.40. The van der Waals surface area contributed by atoms with Crippen LogP contribution < -0.4 is 4.87 Å². The summed E-state index contributed by atoms with van der Waals surface area (Å²) in [6.45, 7) is 2.42. The van der Waals surface area contributed by atoms with Crippen molar-refractivity contribution in [3.05, 3.63) is 14.5 Å². The summed E-state index contributed by atoms with van der Waals surface area (Å²) in [5.41, 5.74) is 0. The minimum absolute atomic E-state index is 0.137. The number of hydrogen-bond donors (Lipinski definition) is 1. The summed E-state index contributed by atoms with van der Waals surface area (Å²) < 4.78 is 0. The van der Waals surface area contributed by atoms with Crippen LogP contribution in [-0.4, -0.2) is 10.2 Å². The summed E-state index contributed by atoms with van der Waals surface area (Å²) in [5, 5.41) is 2.00. The van der Waals surface area contributed by atoms with Crippen LogP contribution in [0.5, 0.6) is 0 Å². The zero-order valence-corrected chi connectivity index (χ0v) is 10.9. The molecule has 2 saturated carbocycles. The van der Waals surface area contributed by atoms with E-state index in [2.05, 4.69) is 11.9 Å². The Bertz CT molecular complexity index is 491. The smallest absolute Gasteiger partial charge is 0.305 e. The summed E-state index contributed by atoms with van der Waals surface area (Å²) in [6.07, 6.45) is 4.03. The molecule has 0 amide bonds. The summed E-state index contributed by atoms with van der Waals surface area (Å²) in [5.74, 6) is 3.64. The quantitative estimate of drug-likeness (QED) is 0.771. The van der Waals surface area contributed by atoms with Crippen LogP contribution in [0.25, 0.3) is 0 Å². The molecule has 2 fully saturated rings. The molecule has 1 N–H and O–H groups in total. The molecule has 1 aromatic heterocycles. The highest BCUT2D eigenvalue weighted by atomic mass is 32.2. The fraction of sp³-hybridized carbons (Fsp3) is 0.750. The van der Waals surface area contributed by atoms with E-state index in [9.17, 15) is 4.79 Å². The van der Waals surface area contributed by atoms with Gasteiger partial charge in [0.1, 0.15) is 0 Å². The maximum Gasteiger partial charge on any atom is 0.305 e. The highest BCUT2D eigenvalue weighted by Gasteiger charge is 2.53. The Morgan fingerprint density at radius 1 is 1.31 bits per heavy atom. The molecular weight excluding hydrogens is 238 g/mol. The molecule has 0 radical (unpaired) electrons. The molecule has 1 aromatic rings. The SMILES string of the molecule is CC1C[C@@H]2C[C@H]1[C@H]1Cc3sc(=O)[nH]c3S[C@@H]21. The van der Waals surface area contributed by atoms with E-state index in [1.54, 1.807) is 0 Å². The predicted octanol–water partition coefficient (Wildman–Crippen LogP) is 2.75. The van der Waals surface area contributed by atoms with Crippen LogP contribution in [0.1, 0.15) is 24.6 Å². The molecule has 0 aromatic carbocycles. The third-order valence-electron chi connectivity index (χ3n) is 4.78. The van der Waals surface area contributed by atoms with Crippen molar-refractivity contribution in [2.75, 3.05) is 0 Å². The van der Waals surface area contributed by atoms with Gasteiger partial charge in [0.25, 0.3) is 0 Å². The lowest BCUT2D eigenvalue weighted by atomic mass is 9.79. The van der Waals surface area contributed by atoms with Gasteiger partial charge >= 0.3 is 4.87 Å². The van der Waals surface area contributed by atoms with Gasteiger partial charge in [-0.05, 0) is 42.9 Å². The lowest BCUT2D eigenvalue weighted by Gasteiger charge is -2.36. The number of rotatable bonds is 0. The van der Waals surface area contributed by atoms with Gasteiger partial charge in [-0.25, -0.2) is 0 Å². The molecule has 4 rings (SSSR count). The van der Waals surface area contributed by atoms with Gasteiger partial charge in [-0.2, -0.15) is 0 Å². The van der Waals surface area contributed by atoms with E-state index in [-0.39, 0.29) is 4.87 Å². The van der Waals surface area contributed by atoms with Crippen molar-refractivity contribution in [3.63, 3.8) is 0 Å². The number of hydrogen-bond acceptors (Lipinski definition) is 3. The van der Waals surface area contributed by atoms with E-state index in [4.69, 9.17) is 0 Å². The number of fused-ring (bicyclic) bond motifs is 6. The highest BCUT2D eigenvalue weighted by molar-refractivity contribution is 8.00. The summed E-state index contributed by atoms with van der Waals surface area (Å²) in [4.78, 5) is 15.8. The second kappa shape index (κ2) is 3.16. The second-order valence-corrected chi connectivity index (χ2v) is 7.85. The Labute approximate surface area is 103 Å². The van der Waals surface area contributed by atoms with Crippen molar-refractivity contribution >= 4 is 23.1 Å². The van der Waals surface area contributed by atoms with Gasteiger partial charge in [0, 0.05) is 10.1 Å². The van der Waals surface area contributed by atoms with E-state index in [0.717, 1.165) is 28.9 Å². The fourth-order valence-electron chi connectivity index (χ4n) is 4.17. The van der Waals surface area contributed by atoms with Crippen LogP contribution in [0.2, 0.25) is 0 Å². The van der Waals surface area contributed by atoms with E-state index in [0.29, 0.717) is 0 Å². The topological polar surface area (TPSA) is 32.9 Å². The maximum atomic E-state index is 11.4. The van der Waals surface area contributed by atoms with Gasteiger partial charge in [-0.1, -0.05) is 18.3 Å². The Balaban J connectivity index is 1.74. The van der Waals surface area contributed by atoms with Crippen molar-refractivity contribution in [2.45, 2.75) is 36.5 Å². The van der Waals surface area contributed by atoms with Crippen LogP contribution in [-0.2, 0) is 6.42 Å². The lowest BCUT2D eigenvalue weighted by molar-refractivity contribution is 0.257. The number of thioether (sulfide) groups is 1. The normalized spacial score (nSPS) is 44.4. The zero-order valence-electron chi connectivity index (χ0n) is 9.23. The molecule has 86 valence electrons. The Morgan fingerprint density at radius 3 is 3.06 bits per heavy atom. The standard InChI is InChI=1S/C12H15NOS2/c1-5-2-6-3-7(5)8-4-9-11(16-10(6)8)13-12(14)15-9/h5-8,10H,2-4H2,1H3,(H,13,14)/t5?,6-,7-,8-,10+/m1/s1. The molecule has 2 heterocycles. The third-order valence-corrected chi connectivity index (χ3v) is 7.40. The van der Waals surface area contributed by atoms with Crippen LogP contribution in [0.3, 0.4) is 0 Å². The molecule has 2 aliphatic carbocycles. The first kappa shape index (κ1) is 9.77. The van der Waals surface area contributed by atoms with Crippen molar-refractivity contribution in [1.29, 1.82) is 0 Å². The number of nitrogens with one attached hydrogen (secondary N) is 1. The lowest BCUT2D eigenvalue weighted by Crippen LogP contribution is -2.32. The molecule has 0 spiro atoms. The molecule has 16 heavy (non-hydrogen) atoms. The predicted molar refractivity (Wildman–Crippen MR) is 67.2 cm³/mol. The molecule has 5 atom stereocenters. The Morgan fingerprint density at radius 2 is 2.19 bits per heavy atom. The third kappa shape index (κ3) is 1.17. The van der Waals surface area contributed by atoms with E-state index in [1.807, 2.05) is 11.8 Å². The molecule has 2 nitrogen and oxygen atoms in total. The minimum Gasteiger partial charge on any atom is -0.307 e. The maximum absolute atomic E-state index is 11.4. The molecule has 1 unspecified atom stereocenters. The van der Waals surface area contributed by atoms with Crippen LogP contribution in [0, 0.1) is 23.7 Å². The first-order valence-corrected chi connectivity index (χ1v) is 7.80. The number of aromatic amines is 1. The average molecular weight is 253 g/mol. The van der Waals surface area contributed by atoms with Crippen molar-refractivity contribution in [3.8, 4) is 0 Å². The Hall–Kier alpha value is -0.220. The van der Waals surface area contributed by atoms with Gasteiger partial charge in [-0.3, -0.25) is 4.79 Å². The molecule has 4 heteroatoms. The number of aromatic nitrogens is 1. The van der Waals surface area contributed by atoms with E-state index < -0.39 is 0 Å². The van der Waals surface area contributed by atoms with Gasteiger partial charge in [-0.15, -0.1) is 11.8 Å². The summed E-state index contributed by atoms with van der Waals surface area (Å²) in [7, 11) is 0. The van der Waals surface area contributed by atoms with Gasteiger partial charge < -0.3 is 4.98 Å². The fourth-order valence-corrected chi connectivity index (χ4v) is 6.82. The van der Waals surface area contributed by atoms with E-state index in [1.165, 1.54) is 40.5 Å². The highest BCUT2D eigenvalue weighted by Crippen LogP contribution is 2.60. The molecule has 3 aliphatic rings. The molecule has 1 aliphatic heterocycles. The van der Waals surface area contributed by atoms with Gasteiger partial charge in [0.15, 0.2) is 0 Å². The molecular formula is C12H15NOS2. The van der Waals surface area contributed by atoms with Crippen LogP contribution >= 0.6 is 23.1 Å². The zero-order chi connectivity index (χ0) is 10.9. The van der Waals surface area contributed by atoms with Gasteiger partial charge in [0.05, 0.1) is 5.03 Å². The van der Waals surface area contributed by atoms with Gasteiger partial charge in [0.2, 0.25) is 0 Å². The summed E-state index contributed by atoms with van der Waals surface area (Å²) in [6, 6.07) is 0. The second-order valence-electron chi connectivity index (χ2n) is 5.59. The minimum atomic E-state index is 0.137. The van der Waals surface area contributed by atoms with Crippen molar-refractivity contribution in [2.24, 2.45) is 23.7 Å². The van der Waals surface area contributed by atoms with Crippen molar-refractivity contribution in [1.82, 2.24) is 4.98 Å². The average Bonchev–Trinajstić information content (AvgIpc) is 2.85. The first-order valence-electron chi connectivity index (χ1n) is 6.11. The van der Waals surface area contributed by atoms with Crippen LogP contribution in [0.4, 0.5) is 0 Å². The number of H-pyrrole nitrogens is 1. The van der Waals surface area contributed by atoms with E-state index >= 15 is 0 Å². The molecule has 0 saturated heterocycles. The van der Waals surface area contributed by atoms with Crippen molar-refractivity contribution < 1.29 is 0 Å². The first-order chi connectivity index (χ1) is 7.72. The largest absolute Gasteiger partial charge is 0.307 e. The van der Waals surface area contributed by atoms with Crippen LogP contribution in [0.15, 0.2) is 9.82 Å². The molecule has 2 bridgehead atoms. The Kier molecular flexibility index (Phi) is 1.93. The monoisotopic (exact) mass is 253 g/mol.